The highest BCUT2D eigenvalue weighted by Gasteiger charge is 2.45. The summed E-state index contributed by atoms with van der Waals surface area (Å²) >= 11 is 12.9. The third kappa shape index (κ3) is 3.68. The lowest BCUT2D eigenvalue weighted by Crippen LogP contribution is -2.49. The molecule has 1 saturated heterocycles. The van der Waals surface area contributed by atoms with Crippen molar-refractivity contribution in [2.24, 2.45) is 0 Å². The Labute approximate surface area is 194 Å². The van der Waals surface area contributed by atoms with E-state index in [9.17, 15) is 4.79 Å². The Bertz CT molecular complexity index is 1050. The van der Waals surface area contributed by atoms with E-state index in [1.165, 1.54) is 16.8 Å². The first kappa shape index (κ1) is 21.0. The summed E-state index contributed by atoms with van der Waals surface area (Å²) < 4.78 is 5.67. The van der Waals surface area contributed by atoms with Crippen LogP contribution in [0.5, 0.6) is 0 Å². The molecule has 0 bridgehead atoms. The summed E-state index contributed by atoms with van der Waals surface area (Å²) in [4.78, 5) is 17.3. The van der Waals surface area contributed by atoms with Crippen LogP contribution in [0.4, 0.5) is 10.5 Å². The minimum atomic E-state index is -0.486. The van der Waals surface area contributed by atoms with Crippen LogP contribution in [0.2, 0.25) is 10.0 Å². The van der Waals surface area contributed by atoms with E-state index in [2.05, 4.69) is 17.0 Å². The number of amides is 1. The molecule has 6 heteroatoms. The fourth-order valence-corrected chi connectivity index (χ4v) is 5.83. The van der Waals surface area contributed by atoms with Gasteiger partial charge in [0.05, 0.1) is 10.0 Å². The van der Waals surface area contributed by atoms with Gasteiger partial charge in [-0.15, -0.1) is 0 Å². The van der Waals surface area contributed by atoms with Crippen LogP contribution in [-0.4, -0.2) is 42.3 Å². The number of carbonyl (C=O) groups excluding carboxylic acids is 1. The lowest BCUT2D eigenvalue weighted by atomic mass is 9.87. The largest absolute Gasteiger partial charge is 0.444 e. The van der Waals surface area contributed by atoms with Crippen LogP contribution in [0.25, 0.3) is 11.1 Å². The minimum Gasteiger partial charge on any atom is -0.444 e. The van der Waals surface area contributed by atoms with Crippen LogP contribution in [0.1, 0.15) is 50.7 Å². The predicted octanol–water partition coefficient (Wildman–Crippen LogP) is 6.52. The van der Waals surface area contributed by atoms with E-state index in [1.54, 1.807) is 0 Å². The lowest BCUT2D eigenvalue weighted by Gasteiger charge is -2.40. The summed E-state index contributed by atoms with van der Waals surface area (Å²) in [5, 5.41) is 1.17. The van der Waals surface area contributed by atoms with E-state index in [-0.39, 0.29) is 12.0 Å². The zero-order valence-electron chi connectivity index (χ0n) is 18.3. The van der Waals surface area contributed by atoms with E-state index >= 15 is 0 Å². The zero-order valence-corrected chi connectivity index (χ0v) is 19.8. The van der Waals surface area contributed by atoms with Crippen LogP contribution in [-0.2, 0) is 11.2 Å². The minimum absolute atomic E-state index is 0.213. The van der Waals surface area contributed by atoms with Crippen LogP contribution in [0.3, 0.4) is 0 Å². The molecule has 5 rings (SSSR count). The van der Waals surface area contributed by atoms with Crippen LogP contribution in [0, 0.1) is 0 Å². The number of fused-ring (bicyclic) bond motifs is 3. The molecular formula is C25H28Cl2N2O2. The number of rotatable bonds is 1. The molecule has 1 amide bonds. The summed E-state index contributed by atoms with van der Waals surface area (Å²) in [7, 11) is 0. The van der Waals surface area contributed by atoms with Crippen molar-refractivity contribution in [3.63, 3.8) is 0 Å². The number of piperidine rings is 1. The number of likely N-dealkylation sites (tertiary alicyclic amines) is 1. The zero-order chi connectivity index (χ0) is 21.9. The van der Waals surface area contributed by atoms with Gasteiger partial charge in [0.1, 0.15) is 5.60 Å². The molecule has 0 saturated carbocycles. The third-order valence-electron chi connectivity index (χ3n) is 6.64. The molecule has 3 aliphatic rings. The molecule has 0 spiro atoms. The molecule has 4 nitrogen and oxygen atoms in total. The van der Waals surface area contributed by atoms with Crippen molar-refractivity contribution in [3.8, 4) is 11.1 Å². The fraction of sp³-hybridized carbons (Fsp3) is 0.480. The maximum atomic E-state index is 12.8. The molecule has 2 aromatic rings. The Hall–Kier alpha value is -1.91. The monoisotopic (exact) mass is 458 g/mol. The molecule has 0 aromatic heterocycles. The second kappa shape index (κ2) is 7.60. The summed E-state index contributed by atoms with van der Waals surface area (Å²) in [6, 6.07) is 10.8. The maximum absolute atomic E-state index is 12.8. The van der Waals surface area contributed by atoms with Gasteiger partial charge in [-0.3, -0.25) is 0 Å². The van der Waals surface area contributed by atoms with E-state index in [1.807, 2.05) is 43.9 Å². The fourth-order valence-electron chi connectivity index (χ4n) is 5.42. The smallest absolute Gasteiger partial charge is 0.410 e. The number of benzene rings is 2. The van der Waals surface area contributed by atoms with Crippen molar-refractivity contribution in [2.45, 2.75) is 57.6 Å². The first-order valence-electron chi connectivity index (χ1n) is 11.1. The highest BCUT2D eigenvalue weighted by Crippen LogP contribution is 2.50. The normalized spacial score (nSPS) is 22.2. The highest BCUT2D eigenvalue weighted by atomic mass is 35.5. The number of aryl methyl sites for hydroxylation is 1. The van der Waals surface area contributed by atoms with Gasteiger partial charge >= 0.3 is 6.09 Å². The van der Waals surface area contributed by atoms with Gasteiger partial charge in [-0.25, -0.2) is 4.79 Å². The SMILES string of the molecule is CC(C)(C)OC(=O)N1CC[C@H]2[C@@H](C1)c1cc(-c3cccc(Cl)c3Cl)cc3c1N2CCC3. The average Bonchev–Trinajstić information content (AvgIpc) is 3.04. The Morgan fingerprint density at radius 1 is 1.16 bits per heavy atom. The molecular weight excluding hydrogens is 431 g/mol. The van der Waals surface area contributed by atoms with Crippen molar-refractivity contribution in [1.82, 2.24) is 4.90 Å². The number of hydrogen-bond donors (Lipinski definition) is 0. The molecule has 0 radical (unpaired) electrons. The van der Waals surface area contributed by atoms with Crippen molar-refractivity contribution < 1.29 is 9.53 Å². The Balaban J connectivity index is 1.54. The van der Waals surface area contributed by atoms with E-state index in [0.717, 1.165) is 43.5 Å². The van der Waals surface area contributed by atoms with E-state index < -0.39 is 5.60 Å². The summed E-state index contributed by atoms with van der Waals surface area (Å²) in [5.74, 6) is 0.283. The second-order valence-corrected chi connectivity index (χ2v) is 10.6. The topological polar surface area (TPSA) is 32.8 Å². The van der Waals surface area contributed by atoms with Crippen molar-refractivity contribution in [3.05, 3.63) is 51.5 Å². The number of halogens is 2. The van der Waals surface area contributed by atoms with Crippen molar-refractivity contribution >= 4 is 35.0 Å². The second-order valence-electron chi connectivity index (χ2n) is 9.86. The van der Waals surface area contributed by atoms with Gasteiger partial charge in [0.25, 0.3) is 0 Å². The van der Waals surface area contributed by atoms with Crippen LogP contribution < -0.4 is 4.90 Å². The molecule has 1 fully saturated rings. The first-order valence-corrected chi connectivity index (χ1v) is 11.8. The van der Waals surface area contributed by atoms with Crippen molar-refractivity contribution in [2.75, 3.05) is 24.5 Å². The number of nitrogens with zero attached hydrogens (tertiary/aromatic N) is 2. The lowest BCUT2D eigenvalue weighted by molar-refractivity contribution is 0.0189. The number of ether oxygens (including phenoxy) is 1. The summed E-state index contributed by atoms with van der Waals surface area (Å²) in [6.45, 7) is 8.27. The average molecular weight is 459 g/mol. The highest BCUT2D eigenvalue weighted by molar-refractivity contribution is 6.43. The molecule has 2 atom stereocenters. The molecule has 0 unspecified atom stereocenters. The molecule has 0 aliphatic carbocycles. The van der Waals surface area contributed by atoms with Gasteiger partial charge in [0.15, 0.2) is 0 Å². The molecule has 3 aliphatic heterocycles. The maximum Gasteiger partial charge on any atom is 0.410 e. The third-order valence-corrected chi connectivity index (χ3v) is 7.46. The van der Waals surface area contributed by atoms with Gasteiger partial charge in [0.2, 0.25) is 0 Å². The number of hydrogen-bond acceptors (Lipinski definition) is 3. The van der Waals surface area contributed by atoms with E-state index in [0.29, 0.717) is 22.6 Å². The summed E-state index contributed by atoms with van der Waals surface area (Å²) in [5.41, 5.74) is 5.69. The first-order chi connectivity index (χ1) is 14.7. The van der Waals surface area contributed by atoms with Gasteiger partial charge in [-0.2, -0.15) is 0 Å². The predicted molar refractivity (Wildman–Crippen MR) is 127 cm³/mol. The number of anilines is 1. The van der Waals surface area contributed by atoms with Gasteiger partial charge in [-0.1, -0.05) is 35.3 Å². The Kier molecular flexibility index (Phi) is 5.14. The molecule has 0 N–H and O–H groups in total. The Morgan fingerprint density at radius 2 is 1.97 bits per heavy atom. The van der Waals surface area contributed by atoms with E-state index in [4.69, 9.17) is 27.9 Å². The standard InChI is InChI=1S/C25H28Cl2N2O2/c1-25(2,3)31-24(30)28-11-9-21-19(14-28)18-13-16(17-7-4-8-20(26)22(17)27)12-15-6-5-10-29(21)23(15)18/h4,7-8,12-13,19,21H,5-6,9-11,14H2,1-3H3/t19-,21-/m0/s1. The quantitative estimate of drug-likeness (QED) is 0.487. The van der Waals surface area contributed by atoms with Crippen LogP contribution in [0.15, 0.2) is 30.3 Å². The molecule has 31 heavy (non-hydrogen) atoms. The Morgan fingerprint density at radius 3 is 2.74 bits per heavy atom. The number of carbonyl (C=O) groups is 1. The van der Waals surface area contributed by atoms with Gasteiger partial charge in [-0.05, 0) is 74.9 Å². The van der Waals surface area contributed by atoms with Gasteiger partial charge in [0, 0.05) is 42.8 Å². The van der Waals surface area contributed by atoms with Crippen LogP contribution >= 0.6 is 23.2 Å². The van der Waals surface area contributed by atoms with Gasteiger partial charge < -0.3 is 14.5 Å². The molecule has 2 aromatic carbocycles. The summed E-state index contributed by atoms with van der Waals surface area (Å²) in [6.07, 6.45) is 2.97. The molecule has 3 heterocycles. The molecule has 164 valence electrons. The van der Waals surface area contributed by atoms with Crippen molar-refractivity contribution in [1.29, 1.82) is 0 Å².